The van der Waals surface area contributed by atoms with Gasteiger partial charge in [-0.3, -0.25) is 4.99 Å². The van der Waals surface area contributed by atoms with Gasteiger partial charge in [0.25, 0.3) is 0 Å². The van der Waals surface area contributed by atoms with E-state index in [-0.39, 0.29) is 0 Å². The van der Waals surface area contributed by atoms with Crippen LogP contribution in [0.25, 0.3) is 0 Å². The summed E-state index contributed by atoms with van der Waals surface area (Å²) in [7, 11) is 1.79. The van der Waals surface area contributed by atoms with Crippen LogP contribution in [-0.2, 0) is 0 Å². The van der Waals surface area contributed by atoms with Crippen molar-refractivity contribution < 1.29 is 0 Å². The maximum Gasteiger partial charge on any atom is 0.0276 e. The fourth-order valence-electron chi connectivity index (χ4n) is 0. The van der Waals surface area contributed by atoms with Crippen molar-refractivity contribution in [3.8, 4) is 11.8 Å². The molecule has 0 fully saturated rings. The van der Waals surface area contributed by atoms with Crippen LogP contribution in [0.4, 0.5) is 0 Å². The molecule has 1 nitrogen and oxygen atoms in total. The second-order valence-electron chi connectivity index (χ2n) is 5.67. The van der Waals surface area contributed by atoms with Crippen LogP contribution < -0.4 is 0 Å². The summed E-state index contributed by atoms with van der Waals surface area (Å²) in [6.45, 7) is 24.5. The van der Waals surface area contributed by atoms with E-state index in [1.165, 1.54) is 22.3 Å². The topological polar surface area (TPSA) is 12.4 Å². The summed E-state index contributed by atoms with van der Waals surface area (Å²) in [4.78, 5) is 3.81. The molecule has 21 heavy (non-hydrogen) atoms. The van der Waals surface area contributed by atoms with Gasteiger partial charge in [-0.05, 0) is 83.1 Å². The summed E-state index contributed by atoms with van der Waals surface area (Å²) in [5.41, 5.74) is 6.83. The normalized spacial score (nSPS) is 6.90. The number of hydrogen-bond acceptors (Lipinski definition) is 1. The summed E-state index contributed by atoms with van der Waals surface area (Å²) < 4.78 is 0. The molecule has 0 amide bonds. The highest BCUT2D eigenvalue weighted by molar-refractivity contribution is 5.78. The van der Waals surface area contributed by atoms with Gasteiger partial charge in [-0.15, -0.1) is 11.8 Å². The van der Waals surface area contributed by atoms with Gasteiger partial charge < -0.3 is 0 Å². The fourth-order valence-corrected chi connectivity index (χ4v) is 0. The van der Waals surface area contributed by atoms with Gasteiger partial charge in [0.05, 0.1) is 0 Å². The molecule has 0 N–H and O–H groups in total. The summed E-state index contributed by atoms with van der Waals surface area (Å²) in [6, 6.07) is 0. The van der Waals surface area contributed by atoms with E-state index in [9.17, 15) is 0 Å². The quantitative estimate of drug-likeness (QED) is 0.263. The van der Waals surface area contributed by atoms with E-state index in [1.54, 1.807) is 7.05 Å². The Labute approximate surface area is 135 Å². The number of aliphatic imine (C=N–C) groups is 1. The van der Waals surface area contributed by atoms with Crippen molar-refractivity contribution in [2.24, 2.45) is 4.99 Å². The first-order valence-corrected chi connectivity index (χ1v) is 7.42. The molecular formula is C20H39N. The first-order chi connectivity index (χ1) is 9.47. The highest BCUT2D eigenvalue weighted by Crippen LogP contribution is 1.97. The standard InChI is InChI=1S/2C6H12.C4H9N.C4H6/c2*1-5(2)6(3)4;1-4(2)5-3;1-3-4-2/h2*1-4H3;1-3H3;1-2H3. The van der Waals surface area contributed by atoms with Crippen molar-refractivity contribution in [1.29, 1.82) is 0 Å². The van der Waals surface area contributed by atoms with Crippen LogP contribution in [0.15, 0.2) is 27.3 Å². The molecule has 0 radical (unpaired) electrons. The lowest BCUT2D eigenvalue weighted by atomic mass is 10.2. The summed E-state index contributed by atoms with van der Waals surface area (Å²) >= 11 is 0. The molecule has 0 aliphatic carbocycles. The Balaban J connectivity index is -0.0000000929. The molecule has 0 saturated carbocycles. The zero-order valence-electron chi connectivity index (χ0n) is 16.9. The molecule has 1 heteroatoms. The molecule has 0 aromatic carbocycles. The monoisotopic (exact) mass is 293 g/mol. The minimum atomic E-state index is 1.13. The van der Waals surface area contributed by atoms with Crippen LogP contribution in [0.5, 0.6) is 0 Å². The third-order valence-electron chi connectivity index (χ3n) is 2.70. The van der Waals surface area contributed by atoms with Crippen molar-refractivity contribution in [2.75, 3.05) is 7.05 Å². The van der Waals surface area contributed by atoms with Crippen LogP contribution in [0.1, 0.15) is 83.1 Å². The van der Waals surface area contributed by atoms with Gasteiger partial charge in [0, 0.05) is 12.8 Å². The predicted molar refractivity (Wildman–Crippen MR) is 103 cm³/mol. The molecular weight excluding hydrogens is 254 g/mol. The van der Waals surface area contributed by atoms with Gasteiger partial charge >= 0.3 is 0 Å². The highest BCUT2D eigenvalue weighted by Gasteiger charge is 1.75. The average molecular weight is 294 g/mol. The Morgan fingerprint density at radius 3 is 0.667 bits per heavy atom. The van der Waals surface area contributed by atoms with Crippen LogP contribution in [0.2, 0.25) is 0 Å². The van der Waals surface area contributed by atoms with Crippen LogP contribution >= 0.6 is 0 Å². The van der Waals surface area contributed by atoms with E-state index < -0.39 is 0 Å². The van der Waals surface area contributed by atoms with E-state index in [1.807, 2.05) is 27.7 Å². The second kappa shape index (κ2) is 21.0. The van der Waals surface area contributed by atoms with E-state index in [0.29, 0.717) is 0 Å². The van der Waals surface area contributed by atoms with Crippen LogP contribution in [-0.4, -0.2) is 12.8 Å². The predicted octanol–water partition coefficient (Wildman–Crippen LogP) is 6.85. The van der Waals surface area contributed by atoms with E-state index >= 15 is 0 Å². The van der Waals surface area contributed by atoms with Crippen molar-refractivity contribution in [3.05, 3.63) is 22.3 Å². The minimum absolute atomic E-state index is 1.13. The largest absolute Gasteiger partial charge is 0.298 e. The maximum atomic E-state index is 3.81. The summed E-state index contributed by atoms with van der Waals surface area (Å²) in [5.74, 6) is 5.36. The fraction of sp³-hybridized carbons (Fsp3) is 0.650. The zero-order chi connectivity index (χ0) is 18.0. The van der Waals surface area contributed by atoms with Gasteiger partial charge in [0.1, 0.15) is 0 Å². The first kappa shape index (κ1) is 28.0. The molecule has 0 bridgehead atoms. The molecule has 0 spiro atoms. The van der Waals surface area contributed by atoms with Crippen molar-refractivity contribution in [2.45, 2.75) is 83.1 Å². The summed E-state index contributed by atoms with van der Waals surface area (Å²) in [6.07, 6.45) is 0. The van der Waals surface area contributed by atoms with Crippen molar-refractivity contribution >= 4 is 5.71 Å². The van der Waals surface area contributed by atoms with Gasteiger partial charge in [0.15, 0.2) is 0 Å². The Kier molecular flexibility index (Phi) is 28.0. The molecule has 0 aromatic heterocycles. The molecule has 0 atom stereocenters. The molecule has 0 aliphatic rings. The van der Waals surface area contributed by atoms with E-state index in [0.717, 1.165) is 5.71 Å². The van der Waals surface area contributed by atoms with Gasteiger partial charge in [-0.25, -0.2) is 0 Å². The lowest BCUT2D eigenvalue weighted by Gasteiger charge is -1.88. The Hall–Kier alpha value is -1.29. The number of rotatable bonds is 0. The maximum absolute atomic E-state index is 3.81. The lowest BCUT2D eigenvalue weighted by molar-refractivity contribution is 1.23. The molecule has 0 heterocycles. The third kappa shape index (κ3) is 55.4. The van der Waals surface area contributed by atoms with Crippen LogP contribution in [0, 0.1) is 11.8 Å². The van der Waals surface area contributed by atoms with Crippen LogP contribution in [0.3, 0.4) is 0 Å². The first-order valence-electron chi connectivity index (χ1n) is 7.42. The Bertz CT molecular complexity index is 314. The number of hydrogen-bond donors (Lipinski definition) is 0. The summed E-state index contributed by atoms with van der Waals surface area (Å²) in [5, 5.41) is 0. The molecule has 0 rings (SSSR count). The zero-order valence-corrected chi connectivity index (χ0v) is 16.9. The molecule has 124 valence electrons. The molecule has 0 unspecified atom stereocenters. The van der Waals surface area contributed by atoms with Gasteiger partial charge in [-0.1, -0.05) is 22.3 Å². The molecule has 0 aromatic rings. The van der Waals surface area contributed by atoms with E-state index in [4.69, 9.17) is 0 Å². The number of allylic oxidation sites excluding steroid dienone is 4. The highest BCUT2D eigenvalue weighted by atomic mass is 14.7. The van der Waals surface area contributed by atoms with Gasteiger partial charge in [-0.2, -0.15) is 0 Å². The molecule has 0 aliphatic heterocycles. The molecule has 0 saturated heterocycles. The van der Waals surface area contributed by atoms with E-state index in [2.05, 4.69) is 72.2 Å². The SMILES string of the molecule is CC#CC.CC(C)=C(C)C.CC(C)=C(C)C.CN=C(C)C. The van der Waals surface area contributed by atoms with Gasteiger partial charge in [0.2, 0.25) is 0 Å². The number of nitrogens with zero attached hydrogens (tertiary/aromatic N) is 1. The lowest BCUT2D eigenvalue weighted by Crippen LogP contribution is -1.74. The Morgan fingerprint density at radius 2 is 0.667 bits per heavy atom. The smallest absolute Gasteiger partial charge is 0.0276 e. The second-order valence-corrected chi connectivity index (χ2v) is 5.67. The average Bonchev–Trinajstić information content (AvgIpc) is 2.40. The third-order valence-corrected chi connectivity index (χ3v) is 2.70. The Morgan fingerprint density at radius 1 is 0.524 bits per heavy atom. The minimum Gasteiger partial charge on any atom is -0.298 e. The van der Waals surface area contributed by atoms with Crippen molar-refractivity contribution in [1.82, 2.24) is 0 Å². The van der Waals surface area contributed by atoms with Crippen molar-refractivity contribution in [3.63, 3.8) is 0 Å².